The molecule has 112 valence electrons. The first-order valence-electron chi connectivity index (χ1n) is 7.28. The highest BCUT2D eigenvalue weighted by Crippen LogP contribution is 2.32. The first-order chi connectivity index (χ1) is 10.1. The summed E-state index contributed by atoms with van der Waals surface area (Å²) in [5, 5.41) is 14.0. The summed E-state index contributed by atoms with van der Waals surface area (Å²) in [7, 11) is 0. The second kappa shape index (κ2) is 5.91. The van der Waals surface area contributed by atoms with E-state index in [2.05, 4.69) is 20.0 Å². The molecule has 0 amide bonds. The Hall–Kier alpha value is -1.79. The van der Waals surface area contributed by atoms with E-state index in [1.165, 1.54) is 0 Å². The maximum absolute atomic E-state index is 9.98. The van der Waals surface area contributed by atoms with Gasteiger partial charge in [0, 0.05) is 31.4 Å². The number of pyridine rings is 1. The van der Waals surface area contributed by atoms with Crippen LogP contribution in [0.2, 0.25) is 0 Å². The van der Waals surface area contributed by atoms with Gasteiger partial charge in [0.05, 0.1) is 12.1 Å². The zero-order chi connectivity index (χ0) is 14.8. The number of aromatic nitrogens is 3. The molecule has 6 heteroatoms. The molecule has 6 nitrogen and oxygen atoms in total. The van der Waals surface area contributed by atoms with E-state index < -0.39 is 0 Å². The van der Waals surface area contributed by atoms with Gasteiger partial charge in [-0.2, -0.15) is 4.98 Å². The second-order valence-electron chi connectivity index (χ2n) is 5.84. The Labute approximate surface area is 123 Å². The zero-order valence-corrected chi connectivity index (χ0v) is 12.3. The first-order valence-corrected chi connectivity index (χ1v) is 7.28. The number of likely N-dealkylation sites (tertiary alicyclic amines) is 1. The molecule has 1 saturated heterocycles. The van der Waals surface area contributed by atoms with Crippen LogP contribution >= 0.6 is 0 Å². The van der Waals surface area contributed by atoms with Crippen molar-refractivity contribution in [2.45, 2.75) is 44.9 Å². The van der Waals surface area contributed by atoms with Crippen LogP contribution in [0.15, 0.2) is 29.0 Å². The smallest absolute Gasteiger partial charge is 0.244 e. The number of rotatable bonds is 4. The van der Waals surface area contributed by atoms with Gasteiger partial charge in [0.15, 0.2) is 5.82 Å². The number of β-amino-alcohol motifs (C(OH)–C–C–N with tert-alkyl or cyclic N) is 1. The third-order valence-electron chi connectivity index (χ3n) is 3.78. The molecule has 0 aliphatic carbocycles. The Morgan fingerprint density at radius 1 is 1.38 bits per heavy atom. The van der Waals surface area contributed by atoms with Crippen LogP contribution in [0, 0.1) is 0 Å². The molecule has 2 unspecified atom stereocenters. The Morgan fingerprint density at radius 2 is 2.14 bits per heavy atom. The molecule has 21 heavy (non-hydrogen) atoms. The molecule has 1 aliphatic rings. The SMILES string of the molecule is CC(C)c1noc(C2CC(O)CN2Cc2ccncc2)n1. The number of aliphatic hydroxyl groups is 1. The molecule has 3 heterocycles. The highest BCUT2D eigenvalue weighted by Gasteiger charge is 2.35. The van der Waals surface area contributed by atoms with E-state index in [0.717, 1.165) is 17.9 Å². The third-order valence-corrected chi connectivity index (χ3v) is 3.78. The maximum atomic E-state index is 9.98. The summed E-state index contributed by atoms with van der Waals surface area (Å²) in [6, 6.07) is 3.94. The van der Waals surface area contributed by atoms with Crippen LogP contribution in [-0.2, 0) is 6.54 Å². The van der Waals surface area contributed by atoms with Crippen LogP contribution in [-0.4, -0.2) is 37.8 Å². The average molecular weight is 288 g/mol. The molecule has 0 aromatic carbocycles. The maximum Gasteiger partial charge on any atom is 0.244 e. The van der Waals surface area contributed by atoms with Gasteiger partial charge in [0.1, 0.15) is 0 Å². The Kier molecular flexibility index (Phi) is 3.98. The topological polar surface area (TPSA) is 75.3 Å². The van der Waals surface area contributed by atoms with Crippen LogP contribution in [0.3, 0.4) is 0 Å². The predicted molar refractivity (Wildman–Crippen MR) is 76.4 cm³/mol. The van der Waals surface area contributed by atoms with E-state index in [1.54, 1.807) is 12.4 Å². The average Bonchev–Trinajstić information content (AvgIpc) is 3.07. The molecule has 1 aliphatic heterocycles. The van der Waals surface area contributed by atoms with Gasteiger partial charge in [-0.05, 0) is 24.1 Å². The Bertz CT molecular complexity index is 584. The van der Waals surface area contributed by atoms with Crippen LogP contribution in [0.5, 0.6) is 0 Å². The standard InChI is InChI=1S/C15H20N4O2/c1-10(2)14-17-15(21-18-14)13-7-12(20)9-19(13)8-11-3-5-16-6-4-11/h3-6,10,12-13,20H,7-9H2,1-2H3. The summed E-state index contributed by atoms with van der Waals surface area (Å²) in [4.78, 5) is 10.7. The fourth-order valence-corrected chi connectivity index (χ4v) is 2.65. The largest absolute Gasteiger partial charge is 0.392 e. The molecule has 2 aromatic heterocycles. The molecular weight excluding hydrogens is 268 g/mol. The van der Waals surface area contributed by atoms with Gasteiger partial charge in [-0.15, -0.1) is 0 Å². The lowest BCUT2D eigenvalue weighted by molar-refractivity contribution is 0.169. The Balaban J connectivity index is 1.78. The van der Waals surface area contributed by atoms with Crippen LogP contribution in [0.4, 0.5) is 0 Å². The third kappa shape index (κ3) is 3.11. The molecule has 0 spiro atoms. The van der Waals surface area contributed by atoms with Crippen molar-refractivity contribution in [3.05, 3.63) is 41.8 Å². The summed E-state index contributed by atoms with van der Waals surface area (Å²) in [6.45, 7) is 5.43. The predicted octanol–water partition coefficient (Wildman–Crippen LogP) is 1.90. The van der Waals surface area contributed by atoms with Gasteiger partial charge < -0.3 is 9.63 Å². The van der Waals surface area contributed by atoms with Crippen molar-refractivity contribution in [3.8, 4) is 0 Å². The molecule has 1 N–H and O–H groups in total. The van der Waals surface area contributed by atoms with E-state index in [0.29, 0.717) is 18.9 Å². The minimum atomic E-state index is -0.355. The molecule has 0 radical (unpaired) electrons. The fraction of sp³-hybridized carbons (Fsp3) is 0.533. The first kappa shape index (κ1) is 14.2. The lowest BCUT2D eigenvalue weighted by atomic mass is 10.2. The van der Waals surface area contributed by atoms with E-state index >= 15 is 0 Å². The van der Waals surface area contributed by atoms with Crippen molar-refractivity contribution in [1.82, 2.24) is 20.0 Å². The highest BCUT2D eigenvalue weighted by atomic mass is 16.5. The van der Waals surface area contributed by atoms with Crippen molar-refractivity contribution >= 4 is 0 Å². The molecular formula is C15H20N4O2. The zero-order valence-electron chi connectivity index (χ0n) is 12.3. The summed E-state index contributed by atoms with van der Waals surface area (Å²) in [5.41, 5.74) is 1.16. The summed E-state index contributed by atoms with van der Waals surface area (Å²) < 4.78 is 5.40. The van der Waals surface area contributed by atoms with Gasteiger partial charge in [-0.3, -0.25) is 9.88 Å². The van der Waals surface area contributed by atoms with Crippen molar-refractivity contribution in [2.75, 3.05) is 6.54 Å². The lowest BCUT2D eigenvalue weighted by Gasteiger charge is -2.21. The minimum absolute atomic E-state index is 0.0202. The van der Waals surface area contributed by atoms with Crippen molar-refractivity contribution in [1.29, 1.82) is 0 Å². The van der Waals surface area contributed by atoms with Crippen molar-refractivity contribution in [3.63, 3.8) is 0 Å². The van der Waals surface area contributed by atoms with Gasteiger partial charge in [0.2, 0.25) is 5.89 Å². The van der Waals surface area contributed by atoms with Crippen molar-refractivity contribution in [2.24, 2.45) is 0 Å². The second-order valence-corrected chi connectivity index (χ2v) is 5.84. The number of hydrogen-bond donors (Lipinski definition) is 1. The van der Waals surface area contributed by atoms with Crippen molar-refractivity contribution < 1.29 is 9.63 Å². The monoisotopic (exact) mass is 288 g/mol. The van der Waals surface area contributed by atoms with E-state index in [-0.39, 0.29) is 18.1 Å². The number of hydrogen-bond acceptors (Lipinski definition) is 6. The van der Waals surface area contributed by atoms with Crippen LogP contribution < -0.4 is 0 Å². The van der Waals surface area contributed by atoms with Gasteiger partial charge in [-0.25, -0.2) is 0 Å². The van der Waals surface area contributed by atoms with Gasteiger partial charge >= 0.3 is 0 Å². The molecule has 2 aromatic rings. The van der Waals surface area contributed by atoms with E-state index in [4.69, 9.17) is 4.52 Å². The van der Waals surface area contributed by atoms with E-state index in [1.807, 2.05) is 26.0 Å². The summed E-state index contributed by atoms with van der Waals surface area (Å²) >= 11 is 0. The molecule has 2 atom stereocenters. The lowest BCUT2D eigenvalue weighted by Crippen LogP contribution is -2.24. The normalized spacial score (nSPS) is 23.0. The van der Waals surface area contributed by atoms with E-state index in [9.17, 15) is 5.11 Å². The van der Waals surface area contributed by atoms with Crippen LogP contribution in [0.1, 0.15) is 49.5 Å². The number of nitrogens with zero attached hydrogens (tertiary/aromatic N) is 4. The molecule has 0 bridgehead atoms. The molecule has 1 fully saturated rings. The number of aliphatic hydroxyl groups excluding tert-OH is 1. The summed E-state index contributed by atoms with van der Waals surface area (Å²) in [6.07, 6.45) is 3.83. The fourth-order valence-electron chi connectivity index (χ4n) is 2.65. The molecule has 0 saturated carbocycles. The van der Waals surface area contributed by atoms with Gasteiger partial charge in [-0.1, -0.05) is 19.0 Å². The summed E-state index contributed by atoms with van der Waals surface area (Å²) in [5.74, 6) is 1.56. The highest BCUT2D eigenvalue weighted by molar-refractivity contribution is 5.11. The minimum Gasteiger partial charge on any atom is -0.392 e. The van der Waals surface area contributed by atoms with Gasteiger partial charge in [0.25, 0.3) is 0 Å². The van der Waals surface area contributed by atoms with Crippen LogP contribution in [0.25, 0.3) is 0 Å². The quantitative estimate of drug-likeness (QED) is 0.926. The molecule has 3 rings (SSSR count). The Morgan fingerprint density at radius 3 is 2.81 bits per heavy atom.